The molecule has 5 rings (SSSR count). The standard InChI is InChI=1S/C15H19N3O/c16-6-11-14(19)13(18-15(11)17)12-9-2-7-1-8(4-9)5-10(12)3-7/h7-10,12-13,19H,1-5H2,(H2,17,18). The molecule has 0 aromatic carbocycles. The minimum absolute atomic E-state index is 0.137. The van der Waals surface area contributed by atoms with E-state index in [1.165, 1.54) is 32.1 Å². The Balaban J connectivity index is 1.68. The van der Waals surface area contributed by atoms with Crippen LogP contribution in [0, 0.1) is 40.9 Å². The summed E-state index contributed by atoms with van der Waals surface area (Å²) in [7, 11) is 0. The summed E-state index contributed by atoms with van der Waals surface area (Å²) < 4.78 is 0. The van der Waals surface area contributed by atoms with Crippen LogP contribution in [0.4, 0.5) is 0 Å². The predicted octanol–water partition coefficient (Wildman–Crippen LogP) is 2.13. The highest BCUT2D eigenvalue weighted by Gasteiger charge is 2.52. The molecule has 4 aliphatic carbocycles. The Labute approximate surface area is 113 Å². The average Bonchev–Trinajstić information content (AvgIpc) is 2.63. The van der Waals surface area contributed by atoms with Crippen molar-refractivity contribution in [3.63, 3.8) is 0 Å². The van der Waals surface area contributed by atoms with E-state index in [4.69, 9.17) is 11.0 Å². The van der Waals surface area contributed by atoms with Crippen LogP contribution >= 0.6 is 0 Å². The fourth-order valence-corrected chi connectivity index (χ4v) is 5.42. The highest BCUT2D eigenvalue weighted by atomic mass is 16.3. The Hall–Kier alpha value is -1.50. The van der Waals surface area contributed by atoms with Crippen LogP contribution in [0.15, 0.2) is 16.3 Å². The molecule has 0 radical (unpaired) electrons. The summed E-state index contributed by atoms with van der Waals surface area (Å²) in [6.45, 7) is 0. The zero-order valence-electron chi connectivity index (χ0n) is 10.9. The van der Waals surface area contributed by atoms with Crippen LogP contribution in [-0.4, -0.2) is 17.0 Å². The summed E-state index contributed by atoms with van der Waals surface area (Å²) >= 11 is 0. The third-order valence-electron chi connectivity index (χ3n) is 5.85. The molecule has 3 N–H and O–H groups in total. The van der Waals surface area contributed by atoms with E-state index < -0.39 is 0 Å². The van der Waals surface area contributed by atoms with E-state index in [9.17, 15) is 5.11 Å². The van der Waals surface area contributed by atoms with Crippen LogP contribution in [0.3, 0.4) is 0 Å². The molecule has 4 fully saturated rings. The van der Waals surface area contributed by atoms with E-state index >= 15 is 0 Å². The third kappa shape index (κ3) is 1.47. The lowest BCUT2D eigenvalue weighted by atomic mass is 9.50. The lowest BCUT2D eigenvalue weighted by Crippen LogP contribution is -2.49. The molecule has 1 unspecified atom stereocenters. The molecule has 0 saturated heterocycles. The van der Waals surface area contributed by atoms with Gasteiger partial charge in [0.15, 0.2) is 0 Å². The van der Waals surface area contributed by atoms with Crippen molar-refractivity contribution in [2.75, 3.05) is 0 Å². The van der Waals surface area contributed by atoms with Gasteiger partial charge in [0.1, 0.15) is 29.3 Å². The van der Waals surface area contributed by atoms with Crippen molar-refractivity contribution < 1.29 is 5.11 Å². The van der Waals surface area contributed by atoms with Gasteiger partial charge < -0.3 is 10.8 Å². The molecule has 0 aromatic rings. The Morgan fingerprint density at radius 2 is 1.68 bits per heavy atom. The number of nitriles is 1. The van der Waals surface area contributed by atoms with Crippen LogP contribution in [0.5, 0.6) is 0 Å². The maximum absolute atomic E-state index is 10.3. The van der Waals surface area contributed by atoms with E-state index in [0.29, 0.717) is 17.8 Å². The van der Waals surface area contributed by atoms with E-state index in [2.05, 4.69) is 4.99 Å². The Morgan fingerprint density at radius 1 is 1.11 bits per heavy atom. The van der Waals surface area contributed by atoms with Gasteiger partial charge in [-0.05, 0) is 61.7 Å². The van der Waals surface area contributed by atoms with Crippen molar-refractivity contribution in [3.05, 3.63) is 11.3 Å². The van der Waals surface area contributed by atoms with Gasteiger partial charge in [0.05, 0.1) is 0 Å². The Kier molecular flexibility index (Phi) is 2.24. The molecule has 1 aliphatic heterocycles. The zero-order chi connectivity index (χ0) is 13.1. The highest BCUT2D eigenvalue weighted by Crippen LogP contribution is 2.58. The first-order valence-electron chi connectivity index (χ1n) is 7.34. The monoisotopic (exact) mass is 257 g/mol. The van der Waals surface area contributed by atoms with Crippen molar-refractivity contribution in [1.82, 2.24) is 0 Å². The van der Waals surface area contributed by atoms with Gasteiger partial charge in [0.2, 0.25) is 0 Å². The number of nitrogens with two attached hydrogens (primary N) is 1. The predicted molar refractivity (Wildman–Crippen MR) is 71.2 cm³/mol. The highest BCUT2D eigenvalue weighted by molar-refractivity contribution is 6.03. The molecular formula is C15H19N3O. The van der Waals surface area contributed by atoms with Crippen molar-refractivity contribution >= 4 is 5.84 Å². The normalized spacial score (nSPS) is 47.4. The summed E-state index contributed by atoms with van der Waals surface area (Å²) in [5.74, 6) is 3.95. The van der Waals surface area contributed by atoms with Gasteiger partial charge in [-0.1, -0.05) is 0 Å². The van der Waals surface area contributed by atoms with Crippen molar-refractivity contribution in [2.45, 2.75) is 38.1 Å². The molecule has 4 bridgehead atoms. The van der Waals surface area contributed by atoms with Crippen LogP contribution in [0.25, 0.3) is 0 Å². The quantitative estimate of drug-likeness (QED) is 0.755. The molecule has 4 nitrogen and oxygen atoms in total. The number of aliphatic hydroxyl groups excluding tert-OH is 1. The van der Waals surface area contributed by atoms with Gasteiger partial charge in [-0.3, -0.25) is 4.99 Å². The summed E-state index contributed by atoms with van der Waals surface area (Å²) in [6.07, 6.45) is 6.58. The zero-order valence-corrected chi connectivity index (χ0v) is 10.9. The van der Waals surface area contributed by atoms with Gasteiger partial charge in [-0.2, -0.15) is 5.26 Å². The van der Waals surface area contributed by atoms with Gasteiger partial charge in [-0.15, -0.1) is 0 Å². The number of nitrogens with zero attached hydrogens (tertiary/aromatic N) is 2. The van der Waals surface area contributed by atoms with Gasteiger partial charge in [-0.25, -0.2) is 0 Å². The molecule has 4 heteroatoms. The SMILES string of the molecule is N#CC1=C(O)C(C2C3CC4CC(C3)CC2C4)N=C1N. The second kappa shape index (κ2) is 3.75. The summed E-state index contributed by atoms with van der Waals surface area (Å²) in [5, 5.41) is 19.3. The number of aliphatic imine (C=N–C) groups is 1. The maximum Gasteiger partial charge on any atom is 0.140 e. The fraction of sp³-hybridized carbons (Fsp3) is 0.733. The summed E-state index contributed by atoms with van der Waals surface area (Å²) in [5.41, 5.74) is 5.98. The molecule has 5 aliphatic rings. The van der Waals surface area contributed by atoms with Crippen molar-refractivity contribution in [1.29, 1.82) is 5.26 Å². The van der Waals surface area contributed by atoms with Gasteiger partial charge in [0.25, 0.3) is 0 Å². The maximum atomic E-state index is 10.3. The van der Waals surface area contributed by atoms with Crippen LogP contribution in [-0.2, 0) is 0 Å². The largest absolute Gasteiger partial charge is 0.508 e. The molecule has 19 heavy (non-hydrogen) atoms. The van der Waals surface area contributed by atoms with Crippen molar-refractivity contribution in [3.8, 4) is 6.07 Å². The molecule has 100 valence electrons. The Morgan fingerprint density at radius 3 is 2.16 bits per heavy atom. The van der Waals surface area contributed by atoms with Gasteiger partial charge >= 0.3 is 0 Å². The van der Waals surface area contributed by atoms with E-state index in [-0.39, 0.29) is 23.2 Å². The first-order chi connectivity index (χ1) is 9.17. The molecule has 0 amide bonds. The lowest BCUT2D eigenvalue weighted by Gasteiger charge is -2.55. The van der Waals surface area contributed by atoms with E-state index in [1.54, 1.807) is 0 Å². The number of aliphatic hydroxyl groups is 1. The third-order valence-corrected chi connectivity index (χ3v) is 5.85. The molecule has 0 spiro atoms. The molecule has 1 heterocycles. The number of amidine groups is 1. The average molecular weight is 257 g/mol. The molecular weight excluding hydrogens is 238 g/mol. The second-order valence-electron chi connectivity index (χ2n) is 6.84. The van der Waals surface area contributed by atoms with Crippen LogP contribution in [0.2, 0.25) is 0 Å². The minimum atomic E-state index is -0.232. The summed E-state index contributed by atoms with van der Waals surface area (Å²) in [4.78, 5) is 4.42. The second-order valence-corrected chi connectivity index (χ2v) is 6.84. The molecule has 4 saturated carbocycles. The van der Waals surface area contributed by atoms with E-state index in [1.807, 2.05) is 6.07 Å². The van der Waals surface area contributed by atoms with Gasteiger partial charge in [0, 0.05) is 0 Å². The number of hydrogen-bond acceptors (Lipinski definition) is 4. The van der Waals surface area contributed by atoms with Crippen molar-refractivity contribution in [2.24, 2.45) is 40.3 Å². The molecule has 0 aromatic heterocycles. The lowest BCUT2D eigenvalue weighted by molar-refractivity contribution is -0.0454. The smallest absolute Gasteiger partial charge is 0.140 e. The number of hydrogen-bond donors (Lipinski definition) is 2. The first-order valence-corrected chi connectivity index (χ1v) is 7.34. The summed E-state index contributed by atoms with van der Waals surface area (Å²) in [6, 6.07) is 1.76. The minimum Gasteiger partial charge on any atom is -0.508 e. The molecule has 1 atom stereocenters. The Bertz CT molecular complexity index is 500. The first kappa shape index (κ1) is 11.3. The topological polar surface area (TPSA) is 82.4 Å². The number of rotatable bonds is 1. The fourth-order valence-electron chi connectivity index (χ4n) is 5.42. The van der Waals surface area contributed by atoms with E-state index in [0.717, 1.165) is 11.8 Å². The van der Waals surface area contributed by atoms with Crippen LogP contribution < -0.4 is 5.73 Å². The van der Waals surface area contributed by atoms with Crippen LogP contribution in [0.1, 0.15) is 32.1 Å².